The molecule has 3 aliphatic rings. The molecule has 178 valence electrons. The Balaban J connectivity index is 1.44. The molecule has 3 amide bonds. The lowest BCUT2D eigenvalue weighted by atomic mass is 10.0. The minimum Gasteiger partial charge on any atom is -0.310 e. The Morgan fingerprint density at radius 3 is 2.09 bits per heavy atom. The van der Waals surface area contributed by atoms with Gasteiger partial charge in [0.2, 0.25) is 0 Å². The fourth-order valence-electron chi connectivity index (χ4n) is 4.86. The summed E-state index contributed by atoms with van der Waals surface area (Å²) in [6.07, 6.45) is -0.961. The van der Waals surface area contributed by atoms with Crippen LogP contribution >= 0.6 is 0 Å². The summed E-state index contributed by atoms with van der Waals surface area (Å²) in [5, 5.41) is 9.97. The van der Waals surface area contributed by atoms with Crippen LogP contribution in [0.4, 0.5) is 13.6 Å². The number of likely N-dealkylation sites (N-methyl/N-ethyl adjacent to an activating group) is 1. The highest BCUT2D eigenvalue weighted by Gasteiger charge is 2.57. The van der Waals surface area contributed by atoms with Crippen LogP contribution in [0, 0.1) is 11.6 Å². The topological polar surface area (TPSA) is 71.5 Å². The maximum Gasteiger partial charge on any atom is 0.328 e. The second-order valence-electron chi connectivity index (χ2n) is 8.96. The molecule has 2 saturated heterocycles. The fourth-order valence-corrected chi connectivity index (χ4v) is 4.86. The van der Waals surface area contributed by atoms with E-state index in [1.54, 1.807) is 31.3 Å². The van der Waals surface area contributed by atoms with Crippen molar-refractivity contribution in [1.82, 2.24) is 25.0 Å². The summed E-state index contributed by atoms with van der Waals surface area (Å²) in [5.74, 6) is -0.997. The average molecular weight is 469 g/mol. The quantitative estimate of drug-likeness (QED) is 0.747. The van der Waals surface area contributed by atoms with Gasteiger partial charge < -0.3 is 4.90 Å². The minimum absolute atomic E-state index is 0.0603. The van der Waals surface area contributed by atoms with Gasteiger partial charge in [-0.1, -0.05) is 24.3 Å². The van der Waals surface area contributed by atoms with E-state index in [9.17, 15) is 18.4 Å². The molecule has 2 fully saturated rings. The number of carbonyl (C=O) groups is 2. The highest BCUT2D eigenvalue weighted by atomic mass is 19.1. The van der Waals surface area contributed by atoms with Crippen molar-refractivity contribution in [3.63, 3.8) is 0 Å². The number of halogens is 2. The second-order valence-corrected chi connectivity index (χ2v) is 8.96. The molecule has 0 radical (unpaired) electrons. The van der Waals surface area contributed by atoms with E-state index in [4.69, 9.17) is 5.10 Å². The van der Waals surface area contributed by atoms with Crippen LogP contribution in [0.5, 0.6) is 0 Å². The van der Waals surface area contributed by atoms with Gasteiger partial charge in [-0.3, -0.25) is 20.0 Å². The lowest BCUT2D eigenvalue weighted by Crippen LogP contribution is -2.67. The number of hydrogen-bond acceptors (Lipinski definition) is 6. The number of nitrogens with zero attached hydrogens (tertiary/aromatic N) is 5. The first kappa shape index (κ1) is 22.4. The summed E-state index contributed by atoms with van der Waals surface area (Å²) < 4.78 is 26.7. The number of hydrazone groups is 1. The lowest BCUT2D eigenvalue weighted by Gasteiger charge is -2.45. The first-order chi connectivity index (χ1) is 16.2. The minimum atomic E-state index is -0.621. The summed E-state index contributed by atoms with van der Waals surface area (Å²) in [6, 6.07) is 10.8. The summed E-state index contributed by atoms with van der Waals surface area (Å²) in [4.78, 5) is 31.6. The molecule has 2 aromatic carbocycles. The Kier molecular flexibility index (Phi) is 5.57. The summed E-state index contributed by atoms with van der Waals surface area (Å²) >= 11 is 0. The van der Waals surface area contributed by atoms with Crippen molar-refractivity contribution in [2.24, 2.45) is 5.10 Å². The lowest BCUT2D eigenvalue weighted by molar-refractivity contribution is -0.140. The van der Waals surface area contributed by atoms with Gasteiger partial charge >= 0.3 is 6.03 Å². The van der Waals surface area contributed by atoms with E-state index in [2.05, 4.69) is 5.32 Å². The molecule has 0 aromatic heterocycles. The molecule has 0 aliphatic carbocycles. The fraction of sp³-hybridized carbons (Fsp3) is 0.375. The number of hydrogen-bond donors (Lipinski definition) is 1. The molecule has 0 saturated carbocycles. The van der Waals surface area contributed by atoms with Gasteiger partial charge in [0.25, 0.3) is 5.91 Å². The molecule has 3 aliphatic heterocycles. The monoisotopic (exact) mass is 468 g/mol. The van der Waals surface area contributed by atoms with Crippen LogP contribution in [0.2, 0.25) is 0 Å². The summed E-state index contributed by atoms with van der Waals surface area (Å²) in [6.45, 7) is 4.36. The van der Waals surface area contributed by atoms with E-state index in [1.807, 2.05) is 23.8 Å². The number of urea groups is 1. The molecule has 3 heterocycles. The molecule has 4 atom stereocenters. The first-order valence-corrected chi connectivity index (χ1v) is 11.2. The first-order valence-electron chi connectivity index (χ1n) is 11.2. The van der Waals surface area contributed by atoms with E-state index < -0.39 is 24.5 Å². The second kappa shape index (κ2) is 8.44. The molecule has 10 heteroatoms. The molecule has 2 aromatic rings. The Morgan fingerprint density at radius 1 is 0.941 bits per heavy atom. The standard InChI is InChI=1S/C24H26F2N6O2/c1-14-15(2)32-20-21(27-23(32)31(28-14)13-17-6-10-19(26)11-7-17)29(3)24(34)30(22(20)33)12-16-4-8-18(25)9-5-16/h4-11,15,20-21,23,27H,12-13H2,1-3H3. The Morgan fingerprint density at radius 2 is 1.50 bits per heavy atom. The normalized spacial score (nSPS) is 27.1. The zero-order chi connectivity index (χ0) is 24.1. The van der Waals surface area contributed by atoms with Gasteiger partial charge in [-0.05, 0) is 49.2 Å². The summed E-state index contributed by atoms with van der Waals surface area (Å²) in [7, 11) is 1.66. The van der Waals surface area contributed by atoms with E-state index in [0.717, 1.165) is 11.3 Å². The molecule has 5 rings (SSSR count). The third-order valence-electron chi connectivity index (χ3n) is 6.82. The van der Waals surface area contributed by atoms with E-state index in [1.165, 1.54) is 34.1 Å². The third kappa shape index (κ3) is 3.72. The van der Waals surface area contributed by atoms with Crippen molar-refractivity contribution >= 4 is 17.6 Å². The maximum atomic E-state index is 13.7. The molecule has 1 N–H and O–H groups in total. The molecule has 0 spiro atoms. The predicted molar refractivity (Wildman–Crippen MR) is 121 cm³/mol. The van der Waals surface area contributed by atoms with E-state index in [0.29, 0.717) is 12.1 Å². The highest BCUT2D eigenvalue weighted by molar-refractivity contribution is 6.01. The third-order valence-corrected chi connectivity index (χ3v) is 6.82. The van der Waals surface area contributed by atoms with Crippen molar-refractivity contribution in [2.75, 3.05) is 7.05 Å². The van der Waals surface area contributed by atoms with Crippen LogP contribution in [0.25, 0.3) is 0 Å². The zero-order valence-corrected chi connectivity index (χ0v) is 19.2. The van der Waals surface area contributed by atoms with E-state index in [-0.39, 0.29) is 30.1 Å². The molecular formula is C24H26F2N6O2. The van der Waals surface area contributed by atoms with Gasteiger partial charge in [0.05, 0.1) is 24.8 Å². The number of carbonyl (C=O) groups excluding carboxylic acids is 2. The number of imide groups is 1. The Hall–Kier alpha value is -3.37. The van der Waals surface area contributed by atoms with Gasteiger partial charge in [0, 0.05) is 7.05 Å². The number of rotatable bonds is 4. The van der Waals surface area contributed by atoms with Crippen molar-refractivity contribution in [1.29, 1.82) is 0 Å². The highest BCUT2D eigenvalue weighted by Crippen LogP contribution is 2.34. The van der Waals surface area contributed by atoms with Crippen LogP contribution < -0.4 is 5.32 Å². The summed E-state index contributed by atoms with van der Waals surface area (Å²) in [5.41, 5.74) is 2.37. The van der Waals surface area contributed by atoms with Crippen LogP contribution in [0.1, 0.15) is 25.0 Å². The zero-order valence-electron chi connectivity index (χ0n) is 19.2. The smallest absolute Gasteiger partial charge is 0.310 e. The molecular weight excluding hydrogens is 442 g/mol. The van der Waals surface area contributed by atoms with Gasteiger partial charge in [-0.15, -0.1) is 0 Å². The van der Waals surface area contributed by atoms with Crippen molar-refractivity contribution in [3.8, 4) is 0 Å². The number of fused-ring (bicyclic) bond motifs is 3. The van der Waals surface area contributed by atoms with Crippen LogP contribution in [-0.4, -0.2) is 68.9 Å². The van der Waals surface area contributed by atoms with Crippen molar-refractivity contribution in [3.05, 3.63) is 71.3 Å². The van der Waals surface area contributed by atoms with Crippen LogP contribution in [0.15, 0.2) is 53.6 Å². The number of nitrogens with one attached hydrogen (secondary N) is 1. The number of benzene rings is 2. The predicted octanol–water partition coefficient (Wildman–Crippen LogP) is 2.52. The van der Waals surface area contributed by atoms with Gasteiger partial charge in [0.15, 0.2) is 6.29 Å². The number of amides is 3. The Bertz CT molecular complexity index is 1140. The van der Waals surface area contributed by atoms with Crippen LogP contribution in [0.3, 0.4) is 0 Å². The SMILES string of the molecule is CC1=NN(Cc2ccc(F)cc2)C2NC3C(C(=O)N(Cc4ccc(F)cc4)C(=O)N3C)N2C1C. The van der Waals surface area contributed by atoms with Crippen molar-refractivity contribution < 1.29 is 18.4 Å². The Labute approximate surface area is 196 Å². The molecule has 0 bridgehead atoms. The maximum absolute atomic E-state index is 13.7. The molecule has 8 nitrogen and oxygen atoms in total. The van der Waals surface area contributed by atoms with Crippen LogP contribution in [-0.2, 0) is 17.9 Å². The van der Waals surface area contributed by atoms with Gasteiger partial charge in [-0.2, -0.15) is 5.10 Å². The van der Waals surface area contributed by atoms with Crippen molar-refractivity contribution in [2.45, 2.75) is 51.5 Å². The van der Waals surface area contributed by atoms with Gasteiger partial charge in [0.1, 0.15) is 23.8 Å². The average Bonchev–Trinajstić information content (AvgIpc) is 3.23. The largest absolute Gasteiger partial charge is 0.328 e. The molecule has 4 unspecified atom stereocenters. The van der Waals surface area contributed by atoms with E-state index >= 15 is 0 Å². The molecule has 34 heavy (non-hydrogen) atoms. The van der Waals surface area contributed by atoms with Gasteiger partial charge in [-0.25, -0.2) is 18.5 Å².